The first-order chi connectivity index (χ1) is 9.13. The van der Waals surface area contributed by atoms with Crippen molar-refractivity contribution < 1.29 is 27.9 Å². The lowest BCUT2D eigenvalue weighted by Gasteiger charge is -2.38. The van der Waals surface area contributed by atoms with Crippen LogP contribution in [-0.2, 0) is 4.79 Å². The van der Waals surface area contributed by atoms with E-state index in [1.807, 2.05) is 0 Å². The lowest BCUT2D eigenvalue weighted by Crippen LogP contribution is -2.57. The number of aliphatic carboxylic acids is 1. The number of alkyl halides is 3. The lowest BCUT2D eigenvalue weighted by molar-refractivity contribution is -0.146. The Kier molecular flexibility index (Phi) is 5.55. The Hall–Kier alpha value is -1.12. The van der Waals surface area contributed by atoms with Gasteiger partial charge in [-0.1, -0.05) is 0 Å². The number of urea groups is 1. The van der Waals surface area contributed by atoms with Gasteiger partial charge in [0.2, 0.25) is 0 Å². The summed E-state index contributed by atoms with van der Waals surface area (Å²) in [7, 11) is 0. The first-order valence-electron chi connectivity index (χ1n) is 6.08. The Morgan fingerprint density at radius 2 is 2.05 bits per heavy atom. The van der Waals surface area contributed by atoms with Gasteiger partial charge in [0.25, 0.3) is 0 Å². The molecule has 0 aliphatic carbocycles. The van der Waals surface area contributed by atoms with E-state index in [9.17, 15) is 22.8 Å². The molecular weight excluding hydrogens is 297 g/mol. The molecule has 0 aromatic rings. The van der Waals surface area contributed by atoms with Crippen molar-refractivity contribution in [3.8, 4) is 0 Å². The van der Waals surface area contributed by atoms with Crippen molar-refractivity contribution in [3.63, 3.8) is 0 Å². The van der Waals surface area contributed by atoms with Crippen LogP contribution in [0.5, 0.6) is 0 Å². The van der Waals surface area contributed by atoms with E-state index < -0.39 is 36.8 Å². The number of thioether (sulfide) groups is 1. The maximum absolute atomic E-state index is 12.5. The van der Waals surface area contributed by atoms with Crippen molar-refractivity contribution in [1.82, 2.24) is 9.80 Å². The van der Waals surface area contributed by atoms with Crippen LogP contribution in [-0.4, -0.2) is 69.8 Å². The zero-order valence-electron chi connectivity index (χ0n) is 11.2. The molecule has 1 rings (SSSR count). The average Bonchev–Trinajstić information content (AvgIpc) is 2.33. The minimum Gasteiger partial charge on any atom is -0.480 e. The fraction of sp³-hybridized carbons (Fsp3) is 0.818. The molecule has 1 saturated heterocycles. The van der Waals surface area contributed by atoms with Crippen LogP contribution < -0.4 is 0 Å². The Labute approximate surface area is 119 Å². The van der Waals surface area contributed by atoms with E-state index in [1.54, 1.807) is 0 Å². The third kappa shape index (κ3) is 4.46. The van der Waals surface area contributed by atoms with E-state index in [4.69, 9.17) is 5.11 Å². The van der Waals surface area contributed by atoms with Gasteiger partial charge in [-0.15, -0.1) is 0 Å². The van der Waals surface area contributed by atoms with Crippen molar-refractivity contribution in [2.45, 2.75) is 32.1 Å². The van der Waals surface area contributed by atoms with Crippen LogP contribution in [0.1, 0.15) is 13.8 Å². The van der Waals surface area contributed by atoms with Crippen LogP contribution in [0.25, 0.3) is 0 Å². The van der Waals surface area contributed by atoms with E-state index in [2.05, 4.69) is 0 Å². The summed E-state index contributed by atoms with van der Waals surface area (Å²) in [5.74, 6) is -0.478. The van der Waals surface area contributed by atoms with Gasteiger partial charge in [-0.05, 0) is 13.8 Å². The number of carbonyl (C=O) groups is 2. The SMILES string of the molecule is CC(C)N(CC(F)(F)F)C(=O)N1CCSCC1C(=O)O. The second kappa shape index (κ2) is 6.55. The van der Waals surface area contributed by atoms with Gasteiger partial charge in [0.05, 0.1) is 0 Å². The second-order valence-electron chi connectivity index (χ2n) is 4.74. The monoisotopic (exact) mass is 314 g/mol. The minimum atomic E-state index is -4.51. The summed E-state index contributed by atoms with van der Waals surface area (Å²) in [6.45, 7) is 1.71. The van der Waals surface area contributed by atoms with Gasteiger partial charge in [-0.2, -0.15) is 24.9 Å². The predicted molar refractivity (Wildman–Crippen MR) is 68.7 cm³/mol. The predicted octanol–water partition coefficient (Wildman–Crippen LogP) is 1.88. The molecule has 0 aromatic carbocycles. The maximum atomic E-state index is 12.5. The summed E-state index contributed by atoms with van der Waals surface area (Å²) in [4.78, 5) is 25.0. The third-order valence-electron chi connectivity index (χ3n) is 2.88. The molecule has 1 aliphatic heterocycles. The highest BCUT2D eigenvalue weighted by Crippen LogP contribution is 2.23. The Morgan fingerprint density at radius 3 is 2.50 bits per heavy atom. The molecule has 2 amide bonds. The van der Waals surface area contributed by atoms with E-state index in [0.717, 1.165) is 4.90 Å². The number of amides is 2. The molecule has 1 fully saturated rings. The van der Waals surface area contributed by atoms with E-state index >= 15 is 0 Å². The molecular formula is C11H17F3N2O3S. The summed E-state index contributed by atoms with van der Waals surface area (Å²) >= 11 is 1.37. The van der Waals surface area contributed by atoms with Gasteiger partial charge in [0.1, 0.15) is 12.6 Å². The van der Waals surface area contributed by atoms with Crippen LogP contribution in [0.3, 0.4) is 0 Å². The minimum absolute atomic E-state index is 0.140. The molecule has 1 atom stereocenters. The Morgan fingerprint density at radius 1 is 1.45 bits per heavy atom. The smallest absolute Gasteiger partial charge is 0.406 e. The van der Waals surface area contributed by atoms with Crippen molar-refractivity contribution in [2.75, 3.05) is 24.6 Å². The Balaban J connectivity index is 2.89. The fourth-order valence-corrected chi connectivity index (χ4v) is 2.90. The number of carboxylic acids is 1. The number of rotatable bonds is 3. The molecule has 1 heterocycles. The number of carboxylic acid groups (broad SMARTS) is 1. The van der Waals surface area contributed by atoms with Crippen LogP contribution >= 0.6 is 11.8 Å². The molecule has 5 nitrogen and oxygen atoms in total. The van der Waals surface area contributed by atoms with Crippen molar-refractivity contribution >= 4 is 23.8 Å². The average molecular weight is 314 g/mol. The maximum Gasteiger partial charge on any atom is 0.406 e. The first-order valence-corrected chi connectivity index (χ1v) is 7.23. The van der Waals surface area contributed by atoms with Gasteiger partial charge in [0.15, 0.2) is 0 Å². The highest BCUT2D eigenvalue weighted by molar-refractivity contribution is 7.99. The highest BCUT2D eigenvalue weighted by atomic mass is 32.2. The molecule has 0 aromatic heterocycles. The van der Waals surface area contributed by atoms with Crippen LogP contribution in [0.4, 0.5) is 18.0 Å². The third-order valence-corrected chi connectivity index (χ3v) is 3.90. The van der Waals surface area contributed by atoms with Gasteiger partial charge in [-0.25, -0.2) is 9.59 Å². The topological polar surface area (TPSA) is 60.9 Å². The number of carbonyl (C=O) groups excluding carboxylic acids is 1. The normalized spacial score (nSPS) is 20.1. The van der Waals surface area contributed by atoms with Gasteiger partial charge < -0.3 is 14.9 Å². The molecule has 0 radical (unpaired) electrons. The quantitative estimate of drug-likeness (QED) is 0.864. The summed E-state index contributed by atoms with van der Waals surface area (Å²) in [5.41, 5.74) is 0. The van der Waals surface area contributed by atoms with Crippen LogP contribution in [0.2, 0.25) is 0 Å². The zero-order valence-corrected chi connectivity index (χ0v) is 12.0. The number of hydrogen-bond donors (Lipinski definition) is 1. The van der Waals surface area contributed by atoms with Crippen LogP contribution in [0.15, 0.2) is 0 Å². The summed E-state index contributed by atoms with van der Waals surface area (Å²) in [6, 6.07) is -2.60. The van der Waals surface area contributed by atoms with Crippen molar-refractivity contribution in [2.24, 2.45) is 0 Å². The number of hydrogen-bond acceptors (Lipinski definition) is 3. The molecule has 0 bridgehead atoms. The highest BCUT2D eigenvalue weighted by Gasteiger charge is 2.40. The molecule has 0 saturated carbocycles. The number of halogens is 3. The molecule has 9 heteroatoms. The first kappa shape index (κ1) is 16.9. The summed E-state index contributed by atoms with van der Waals surface area (Å²) in [5, 5.41) is 9.06. The van der Waals surface area contributed by atoms with E-state index in [0.29, 0.717) is 10.7 Å². The zero-order chi connectivity index (χ0) is 15.5. The molecule has 116 valence electrons. The van der Waals surface area contributed by atoms with Gasteiger partial charge in [0, 0.05) is 24.1 Å². The summed E-state index contributed by atoms with van der Waals surface area (Å²) in [6.07, 6.45) is -4.51. The van der Waals surface area contributed by atoms with E-state index in [-0.39, 0.29) is 12.3 Å². The van der Waals surface area contributed by atoms with Gasteiger partial charge >= 0.3 is 18.2 Å². The van der Waals surface area contributed by atoms with Crippen molar-refractivity contribution in [3.05, 3.63) is 0 Å². The molecule has 1 unspecified atom stereocenters. The standard InChI is InChI=1S/C11H17F3N2O3S/c1-7(2)16(6-11(12,13)14)10(19)15-3-4-20-5-8(15)9(17)18/h7-8H,3-6H2,1-2H3,(H,17,18). The second-order valence-corrected chi connectivity index (χ2v) is 5.89. The molecule has 0 spiro atoms. The lowest BCUT2D eigenvalue weighted by atomic mass is 10.2. The molecule has 1 aliphatic rings. The number of nitrogens with zero attached hydrogens (tertiary/aromatic N) is 2. The fourth-order valence-electron chi connectivity index (χ4n) is 1.87. The largest absolute Gasteiger partial charge is 0.480 e. The van der Waals surface area contributed by atoms with Crippen LogP contribution in [0, 0.1) is 0 Å². The van der Waals surface area contributed by atoms with Crippen molar-refractivity contribution in [1.29, 1.82) is 0 Å². The summed E-state index contributed by atoms with van der Waals surface area (Å²) < 4.78 is 37.5. The molecule has 1 N–H and O–H groups in total. The Bertz CT molecular complexity index is 376. The molecule has 20 heavy (non-hydrogen) atoms. The van der Waals surface area contributed by atoms with Gasteiger partial charge in [-0.3, -0.25) is 0 Å². The van der Waals surface area contributed by atoms with E-state index in [1.165, 1.54) is 25.6 Å².